The summed E-state index contributed by atoms with van der Waals surface area (Å²) >= 11 is 1.76. The fraction of sp³-hybridized carbons (Fsp3) is 0.286. The summed E-state index contributed by atoms with van der Waals surface area (Å²) in [4.78, 5) is 4.73. The third kappa shape index (κ3) is 2.17. The van der Waals surface area contributed by atoms with Gasteiger partial charge >= 0.3 is 0 Å². The molecule has 1 aliphatic heterocycles. The summed E-state index contributed by atoms with van der Waals surface area (Å²) in [6.45, 7) is 15.0. The van der Waals surface area contributed by atoms with Crippen LogP contribution in [0.4, 0.5) is 0 Å². The Kier molecular flexibility index (Phi) is 4.69. The molecule has 1 nitrogen and oxygen atoms in total. The first kappa shape index (κ1) is 12.9. The zero-order valence-electron chi connectivity index (χ0n) is 10.3. The zero-order valence-corrected chi connectivity index (χ0v) is 11.1. The lowest BCUT2D eigenvalue weighted by molar-refractivity contribution is 0.472. The van der Waals surface area contributed by atoms with Crippen molar-refractivity contribution in [3.63, 3.8) is 0 Å². The molecule has 0 saturated heterocycles. The van der Waals surface area contributed by atoms with Crippen molar-refractivity contribution in [1.82, 2.24) is 4.90 Å². The monoisotopic (exact) mass is 233 g/mol. The molecule has 0 atom stereocenters. The van der Waals surface area contributed by atoms with E-state index in [4.69, 9.17) is 0 Å². The molecule has 0 aromatic carbocycles. The van der Waals surface area contributed by atoms with Crippen molar-refractivity contribution >= 4 is 11.8 Å². The minimum atomic E-state index is 0.941. The summed E-state index contributed by atoms with van der Waals surface area (Å²) in [6, 6.07) is 0. The van der Waals surface area contributed by atoms with E-state index in [1.54, 1.807) is 11.8 Å². The molecule has 0 amide bonds. The molecule has 0 aromatic rings. The maximum Gasteiger partial charge on any atom is 0.0546 e. The van der Waals surface area contributed by atoms with E-state index in [9.17, 15) is 0 Å². The van der Waals surface area contributed by atoms with E-state index in [2.05, 4.69) is 51.0 Å². The molecule has 0 spiro atoms. The van der Waals surface area contributed by atoms with E-state index in [1.807, 2.05) is 12.2 Å². The third-order valence-electron chi connectivity index (χ3n) is 2.54. The number of likely N-dealkylation sites (N-methyl/N-ethyl adjacent to an activating group) is 1. The number of rotatable bonds is 3. The summed E-state index contributed by atoms with van der Waals surface area (Å²) < 4.78 is 0. The van der Waals surface area contributed by atoms with Crippen molar-refractivity contribution in [2.75, 3.05) is 6.54 Å². The highest BCUT2D eigenvalue weighted by Gasteiger charge is 2.23. The SMILES string of the molecule is C=CC1=C(C=C)N(CC)C(=C/C)/C(=C\C)S1. The minimum Gasteiger partial charge on any atom is -0.340 e. The predicted molar refractivity (Wildman–Crippen MR) is 74.9 cm³/mol. The van der Waals surface area contributed by atoms with E-state index in [-0.39, 0.29) is 0 Å². The summed E-state index contributed by atoms with van der Waals surface area (Å²) in [7, 11) is 0. The van der Waals surface area contributed by atoms with Gasteiger partial charge in [0.1, 0.15) is 0 Å². The topological polar surface area (TPSA) is 3.24 Å². The Hall–Kier alpha value is -1.15. The molecule has 2 heteroatoms. The quantitative estimate of drug-likeness (QED) is 0.708. The van der Waals surface area contributed by atoms with Crippen molar-refractivity contribution < 1.29 is 0 Å². The first-order chi connectivity index (χ1) is 7.73. The maximum atomic E-state index is 3.89. The van der Waals surface area contributed by atoms with Crippen molar-refractivity contribution in [2.24, 2.45) is 0 Å². The lowest BCUT2D eigenvalue weighted by Crippen LogP contribution is -2.25. The van der Waals surface area contributed by atoms with Crippen LogP contribution in [0, 0.1) is 0 Å². The van der Waals surface area contributed by atoms with Crippen LogP contribution in [-0.4, -0.2) is 11.4 Å². The van der Waals surface area contributed by atoms with Gasteiger partial charge in [0, 0.05) is 16.4 Å². The van der Waals surface area contributed by atoms with E-state index in [0.717, 1.165) is 12.2 Å². The second-order valence-electron chi connectivity index (χ2n) is 3.33. The predicted octanol–water partition coefficient (Wildman–Crippen LogP) is 4.45. The average Bonchev–Trinajstić information content (AvgIpc) is 2.35. The van der Waals surface area contributed by atoms with Gasteiger partial charge in [-0.2, -0.15) is 0 Å². The fourth-order valence-corrected chi connectivity index (χ4v) is 2.89. The Balaban J connectivity index is 3.36. The largest absolute Gasteiger partial charge is 0.340 e. The third-order valence-corrected chi connectivity index (χ3v) is 3.80. The highest BCUT2D eigenvalue weighted by Crippen LogP contribution is 2.42. The molecule has 16 heavy (non-hydrogen) atoms. The van der Waals surface area contributed by atoms with Crippen LogP contribution in [0.5, 0.6) is 0 Å². The van der Waals surface area contributed by atoms with Gasteiger partial charge < -0.3 is 4.90 Å². The highest BCUT2D eigenvalue weighted by molar-refractivity contribution is 8.07. The molecule has 86 valence electrons. The molecule has 0 aliphatic carbocycles. The van der Waals surface area contributed by atoms with E-state index < -0.39 is 0 Å². The number of allylic oxidation sites excluding steroid dienone is 4. The molecule has 1 rings (SSSR count). The lowest BCUT2D eigenvalue weighted by atomic mass is 10.2. The molecule has 0 radical (unpaired) electrons. The normalized spacial score (nSPS) is 21.8. The van der Waals surface area contributed by atoms with Crippen LogP contribution in [-0.2, 0) is 0 Å². The highest BCUT2D eigenvalue weighted by atomic mass is 32.2. The Morgan fingerprint density at radius 2 is 1.88 bits per heavy atom. The van der Waals surface area contributed by atoms with Crippen LogP contribution < -0.4 is 0 Å². The van der Waals surface area contributed by atoms with Crippen molar-refractivity contribution in [3.8, 4) is 0 Å². The standard InChI is InChI=1S/C14H19NS/c1-6-11-13(8-3)16-14(9-4)12(7-2)15(11)10-5/h6-9H,1,3,10H2,2,4-5H3/b12-7+,14-9+. The van der Waals surface area contributed by atoms with Gasteiger partial charge in [0.05, 0.1) is 11.4 Å². The second kappa shape index (κ2) is 5.80. The summed E-state index contributed by atoms with van der Waals surface area (Å²) in [5.74, 6) is 0. The Morgan fingerprint density at radius 3 is 2.25 bits per heavy atom. The van der Waals surface area contributed by atoms with Crippen LogP contribution in [0.2, 0.25) is 0 Å². The second-order valence-corrected chi connectivity index (χ2v) is 4.41. The Bertz CT molecular complexity index is 386. The van der Waals surface area contributed by atoms with Crippen LogP contribution in [0.25, 0.3) is 0 Å². The summed E-state index contributed by atoms with van der Waals surface area (Å²) in [6.07, 6.45) is 8.10. The van der Waals surface area contributed by atoms with Crippen LogP contribution in [0.1, 0.15) is 20.8 Å². The van der Waals surface area contributed by atoms with Gasteiger partial charge in [-0.15, -0.1) is 0 Å². The van der Waals surface area contributed by atoms with Gasteiger partial charge in [-0.05, 0) is 26.8 Å². The fourth-order valence-electron chi connectivity index (χ4n) is 1.82. The van der Waals surface area contributed by atoms with E-state index in [1.165, 1.54) is 15.5 Å². The average molecular weight is 233 g/mol. The van der Waals surface area contributed by atoms with Crippen molar-refractivity contribution in [3.05, 3.63) is 58.7 Å². The van der Waals surface area contributed by atoms with Gasteiger partial charge in [-0.1, -0.05) is 43.1 Å². The maximum absolute atomic E-state index is 3.89. The number of nitrogens with zero attached hydrogens (tertiary/aromatic N) is 1. The van der Waals surface area contributed by atoms with Crippen molar-refractivity contribution in [2.45, 2.75) is 20.8 Å². The molecule has 0 aromatic heterocycles. The zero-order chi connectivity index (χ0) is 12.1. The van der Waals surface area contributed by atoms with Gasteiger partial charge in [0.25, 0.3) is 0 Å². The van der Waals surface area contributed by atoms with Gasteiger partial charge in [-0.25, -0.2) is 0 Å². The molecule has 1 heterocycles. The number of thioether (sulfide) groups is 1. The molecule has 0 bridgehead atoms. The summed E-state index contributed by atoms with van der Waals surface area (Å²) in [5.41, 5.74) is 2.41. The molecular formula is C14H19NS. The van der Waals surface area contributed by atoms with Crippen LogP contribution >= 0.6 is 11.8 Å². The minimum absolute atomic E-state index is 0.941. The number of hydrogen-bond acceptors (Lipinski definition) is 2. The smallest absolute Gasteiger partial charge is 0.0546 e. The van der Waals surface area contributed by atoms with Gasteiger partial charge in [0.15, 0.2) is 0 Å². The molecular weight excluding hydrogens is 214 g/mol. The Morgan fingerprint density at radius 1 is 1.19 bits per heavy atom. The lowest BCUT2D eigenvalue weighted by Gasteiger charge is -2.34. The van der Waals surface area contributed by atoms with E-state index >= 15 is 0 Å². The van der Waals surface area contributed by atoms with Crippen LogP contribution in [0.15, 0.2) is 58.7 Å². The first-order valence-corrected chi connectivity index (χ1v) is 6.32. The molecule has 0 saturated carbocycles. The van der Waals surface area contributed by atoms with Crippen LogP contribution in [0.3, 0.4) is 0 Å². The summed E-state index contributed by atoms with van der Waals surface area (Å²) in [5, 5.41) is 0. The molecule has 0 fully saturated rings. The van der Waals surface area contributed by atoms with E-state index in [0.29, 0.717) is 0 Å². The first-order valence-electron chi connectivity index (χ1n) is 5.50. The number of hydrogen-bond donors (Lipinski definition) is 0. The van der Waals surface area contributed by atoms with Gasteiger partial charge in [0.2, 0.25) is 0 Å². The van der Waals surface area contributed by atoms with Crippen molar-refractivity contribution in [1.29, 1.82) is 0 Å². The van der Waals surface area contributed by atoms with Gasteiger partial charge in [-0.3, -0.25) is 0 Å². The molecule has 0 unspecified atom stereocenters. The molecule has 0 N–H and O–H groups in total. The Labute approximate surface area is 103 Å². The molecule has 1 aliphatic rings.